The Balaban J connectivity index is 2.18. The summed E-state index contributed by atoms with van der Waals surface area (Å²) < 4.78 is 0. The van der Waals surface area contributed by atoms with Crippen molar-refractivity contribution in [2.24, 2.45) is 0 Å². The van der Waals surface area contributed by atoms with Gasteiger partial charge in [0.15, 0.2) is 0 Å². The molecule has 1 heterocycles. The monoisotopic (exact) mass is 240 g/mol. The lowest BCUT2D eigenvalue weighted by molar-refractivity contribution is 0.0938. The molecular formula is C15H16N2O. The Morgan fingerprint density at radius 3 is 2.33 bits per heavy atom. The quantitative estimate of drug-likeness (QED) is 0.896. The van der Waals surface area contributed by atoms with Gasteiger partial charge in [0.2, 0.25) is 0 Å². The first-order valence-electron chi connectivity index (χ1n) is 5.99. The molecule has 92 valence electrons. The van der Waals surface area contributed by atoms with Gasteiger partial charge in [-0.05, 0) is 25.5 Å². The van der Waals surface area contributed by atoms with E-state index in [1.807, 2.05) is 50.2 Å². The van der Waals surface area contributed by atoms with Crippen LogP contribution in [-0.2, 0) is 0 Å². The number of rotatable bonds is 3. The van der Waals surface area contributed by atoms with Gasteiger partial charge in [-0.15, -0.1) is 0 Å². The van der Waals surface area contributed by atoms with Crippen LogP contribution in [0.1, 0.15) is 24.3 Å². The first kappa shape index (κ1) is 12.3. The maximum Gasteiger partial charge on any atom is 0.270 e. The zero-order chi connectivity index (χ0) is 13.0. The smallest absolute Gasteiger partial charge is 0.270 e. The summed E-state index contributed by atoms with van der Waals surface area (Å²) in [6.45, 7) is 3.85. The average Bonchev–Trinajstić information content (AvgIpc) is 2.39. The largest absolute Gasteiger partial charge is 0.349 e. The van der Waals surface area contributed by atoms with Gasteiger partial charge in [0.25, 0.3) is 5.91 Å². The molecule has 0 atom stereocenters. The molecule has 2 aromatic rings. The molecule has 0 aliphatic carbocycles. The Kier molecular flexibility index (Phi) is 3.72. The van der Waals surface area contributed by atoms with E-state index in [1.54, 1.807) is 12.3 Å². The number of hydrogen-bond donors (Lipinski definition) is 1. The van der Waals surface area contributed by atoms with E-state index >= 15 is 0 Å². The third-order valence-electron chi connectivity index (χ3n) is 2.52. The molecule has 0 fully saturated rings. The molecule has 1 amide bonds. The topological polar surface area (TPSA) is 42.0 Å². The van der Waals surface area contributed by atoms with Crippen molar-refractivity contribution in [1.29, 1.82) is 0 Å². The Bertz CT molecular complexity index is 518. The van der Waals surface area contributed by atoms with Crippen LogP contribution < -0.4 is 5.32 Å². The van der Waals surface area contributed by atoms with Gasteiger partial charge in [-0.1, -0.05) is 36.4 Å². The van der Waals surface area contributed by atoms with Crippen LogP contribution in [0.4, 0.5) is 0 Å². The highest BCUT2D eigenvalue weighted by Crippen LogP contribution is 2.17. The van der Waals surface area contributed by atoms with Crippen LogP contribution in [-0.4, -0.2) is 16.9 Å². The second-order valence-corrected chi connectivity index (χ2v) is 4.43. The standard InChI is InChI=1S/C15H16N2O/c1-11(2)17-15(18)14-9-8-13(10-16-14)12-6-4-3-5-7-12/h3-11H,1-2H3,(H,17,18). The van der Waals surface area contributed by atoms with Gasteiger partial charge in [0.05, 0.1) is 0 Å². The zero-order valence-corrected chi connectivity index (χ0v) is 10.6. The minimum atomic E-state index is -0.135. The Hall–Kier alpha value is -2.16. The predicted octanol–water partition coefficient (Wildman–Crippen LogP) is 2.89. The van der Waals surface area contributed by atoms with Crippen LogP contribution in [0.2, 0.25) is 0 Å². The lowest BCUT2D eigenvalue weighted by Crippen LogP contribution is -2.30. The maximum absolute atomic E-state index is 11.7. The van der Waals surface area contributed by atoms with E-state index in [2.05, 4.69) is 10.3 Å². The van der Waals surface area contributed by atoms with Crippen LogP contribution in [0.15, 0.2) is 48.7 Å². The van der Waals surface area contributed by atoms with Crippen LogP contribution >= 0.6 is 0 Å². The number of amides is 1. The van der Waals surface area contributed by atoms with Gasteiger partial charge in [-0.25, -0.2) is 0 Å². The number of hydrogen-bond acceptors (Lipinski definition) is 2. The molecule has 0 saturated heterocycles. The molecule has 3 nitrogen and oxygen atoms in total. The Morgan fingerprint density at radius 1 is 1.06 bits per heavy atom. The molecule has 0 spiro atoms. The summed E-state index contributed by atoms with van der Waals surface area (Å²) in [5, 5.41) is 2.82. The summed E-state index contributed by atoms with van der Waals surface area (Å²) >= 11 is 0. The first-order valence-corrected chi connectivity index (χ1v) is 5.99. The van der Waals surface area contributed by atoms with Crippen molar-refractivity contribution in [3.05, 3.63) is 54.4 Å². The lowest BCUT2D eigenvalue weighted by Gasteiger charge is -2.08. The molecule has 0 aliphatic rings. The van der Waals surface area contributed by atoms with Crippen LogP contribution in [0.5, 0.6) is 0 Å². The van der Waals surface area contributed by atoms with Crippen molar-refractivity contribution in [2.75, 3.05) is 0 Å². The second-order valence-electron chi connectivity index (χ2n) is 4.43. The van der Waals surface area contributed by atoms with E-state index in [9.17, 15) is 4.79 Å². The number of aromatic nitrogens is 1. The summed E-state index contributed by atoms with van der Waals surface area (Å²) in [7, 11) is 0. The fraction of sp³-hybridized carbons (Fsp3) is 0.200. The van der Waals surface area contributed by atoms with Crippen molar-refractivity contribution < 1.29 is 4.79 Å². The van der Waals surface area contributed by atoms with E-state index in [0.717, 1.165) is 11.1 Å². The third kappa shape index (κ3) is 2.94. The Morgan fingerprint density at radius 2 is 1.78 bits per heavy atom. The third-order valence-corrected chi connectivity index (χ3v) is 2.52. The highest BCUT2D eigenvalue weighted by Gasteiger charge is 2.08. The molecule has 0 radical (unpaired) electrons. The van der Waals surface area contributed by atoms with Crippen molar-refractivity contribution >= 4 is 5.91 Å². The Labute approximate surface area is 107 Å². The van der Waals surface area contributed by atoms with Gasteiger partial charge >= 0.3 is 0 Å². The molecule has 18 heavy (non-hydrogen) atoms. The number of nitrogens with one attached hydrogen (secondary N) is 1. The molecule has 1 aromatic heterocycles. The van der Waals surface area contributed by atoms with Gasteiger partial charge in [0, 0.05) is 17.8 Å². The van der Waals surface area contributed by atoms with Crippen LogP contribution in [0.3, 0.4) is 0 Å². The molecule has 0 unspecified atom stereocenters. The molecule has 1 aromatic carbocycles. The number of carbonyl (C=O) groups is 1. The van der Waals surface area contributed by atoms with E-state index in [0.29, 0.717) is 5.69 Å². The summed E-state index contributed by atoms with van der Waals surface area (Å²) in [4.78, 5) is 15.9. The summed E-state index contributed by atoms with van der Waals surface area (Å²) in [6, 6.07) is 13.8. The molecule has 1 N–H and O–H groups in total. The number of benzene rings is 1. The van der Waals surface area contributed by atoms with Crippen LogP contribution in [0, 0.1) is 0 Å². The normalized spacial score (nSPS) is 10.4. The average molecular weight is 240 g/mol. The lowest BCUT2D eigenvalue weighted by atomic mass is 10.1. The number of carbonyl (C=O) groups excluding carboxylic acids is 1. The fourth-order valence-corrected chi connectivity index (χ4v) is 1.67. The molecule has 3 heteroatoms. The minimum Gasteiger partial charge on any atom is -0.349 e. The molecule has 0 aliphatic heterocycles. The van der Waals surface area contributed by atoms with Crippen molar-refractivity contribution in [3.8, 4) is 11.1 Å². The van der Waals surface area contributed by atoms with E-state index < -0.39 is 0 Å². The summed E-state index contributed by atoms with van der Waals surface area (Å²) in [5.41, 5.74) is 2.56. The van der Waals surface area contributed by atoms with E-state index in [-0.39, 0.29) is 11.9 Å². The fourth-order valence-electron chi connectivity index (χ4n) is 1.67. The summed E-state index contributed by atoms with van der Waals surface area (Å²) in [6.07, 6.45) is 1.73. The van der Waals surface area contributed by atoms with E-state index in [1.165, 1.54) is 0 Å². The maximum atomic E-state index is 11.7. The van der Waals surface area contributed by atoms with Gasteiger partial charge < -0.3 is 5.32 Å². The second kappa shape index (κ2) is 5.45. The van der Waals surface area contributed by atoms with Crippen molar-refractivity contribution in [2.45, 2.75) is 19.9 Å². The highest BCUT2D eigenvalue weighted by molar-refractivity contribution is 5.92. The van der Waals surface area contributed by atoms with Crippen LogP contribution in [0.25, 0.3) is 11.1 Å². The molecule has 0 bridgehead atoms. The van der Waals surface area contributed by atoms with Crippen molar-refractivity contribution in [3.63, 3.8) is 0 Å². The minimum absolute atomic E-state index is 0.119. The number of pyridine rings is 1. The summed E-state index contributed by atoms with van der Waals surface area (Å²) in [5.74, 6) is -0.135. The molecule has 0 saturated carbocycles. The molecular weight excluding hydrogens is 224 g/mol. The zero-order valence-electron chi connectivity index (χ0n) is 10.6. The highest BCUT2D eigenvalue weighted by atomic mass is 16.1. The first-order chi connectivity index (χ1) is 8.66. The predicted molar refractivity (Wildman–Crippen MR) is 72.3 cm³/mol. The number of nitrogens with zero attached hydrogens (tertiary/aromatic N) is 1. The van der Waals surface area contributed by atoms with Crippen molar-refractivity contribution in [1.82, 2.24) is 10.3 Å². The van der Waals surface area contributed by atoms with Gasteiger partial charge in [-0.2, -0.15) is 0 Å². The van der Waals surface area contributed by atoms with E-state index in [4.69, 9.17) is 0 Å². The SMILES string of the molecule is CC(C)NC(=O)c1ccc(-c2ccccc2)cn1. The van der Waals surface area contributed by atoms with Gasteiger partial charge in [-0.3, -0.25) is 9.78 Å². The molecule has 2 rings (SSSR count). The van der Waals surface area contributed by atoms with Gasteiger partial charge in [0.1, 0.15) is 5.69 Å².